The van der Waals surface area contributed by atoms with Crippen LogP contribution >= 0.6 is 0 Å². The molecule has 2 N–H and O–H groups in total. The Bertz CT molecular complexity index is 1720. The van der Waals surface area contributed by atoms with Crippen molar-refractivity contribution in [1.82, 2.24) is 24.2 Å². The predicted molar refractivity (Wildman–Crippen MR) is 160 cm³/mol. The molecule has 1 saturated carbocycles. The van der Waals surface area contributed by atoms with Gasteiger partial charge in [0.25, 0.3) is 0 Å². The second kappa shape index (κ2) is 11.0. The van der Waals surface area contributed by atoms with Crippen LogP contribution in [0, 0.1) is 5.82 Å². The van der Waals surface area contributed by atoms with Crippen molar-refractivity contribution in [3.05, 3.63) is 77.4 Å². The summed E-state index contributed by atoms with van der Waals surface area (Å²) in [5.74, 6) is 0.782. The van der Waals surface area contributed by atoms with Crippen molar-refractivity contribution in [2.24, 2.45) is 0 Å². The van der Waals surface area contributed by atoms with Gasteiger partial charge in [-0.05, 0) is 61.3 Å². The summed E-state index contributed by atoms with van der Waals surface area (Å²) in [6, 6.07) is 5.39. The van der Waals surface area contributed by atoms with Crippen molar-refractivity contribution in [3.8, 4) is 11.1 Å². The highest BCUT2D eigenvalue weighted by Crippen LogP contribution is 2.40. The summed E-state index contributed by atoms with van der Waals surface area (Å²) < 4.78 is 46.5. The maximum Gasteiger partial charge on any atom is 0.301 e. The number of H-pyrrole nitrogens is 1. The van der Waals surface area contributed by atoms with Crippen molar-refractivity contribution in [2.75, 3.05) is 17.8 Å². The lowest BCUT2D eigenvalue weighted by molar-refractivity contribution is 0.482. The molecule has 4 aromatic rings. The summed E-state index contributed by atoms with van der Waals surface area (Å²) >= 11 is 0. The number of benzene rings is 1. The monoisotopic (exact) mass is 574 g/mol. The summed E-state index contributed by atoms with van der Waals surface area (Å²) in [4.78, 5) is 17.0. The Morgan fingerprint density at radius 2 is 1.83 bits per heavy atom. The van der Waals surface area contributed by atoms with Gasteiger partial charge in [0.15, 0.2) is 5.82 Å². The largest absolute Gasteiger partial charge is 0.346 e. The van der Waals surface area contributed by atoms with E-state index in [9.17, 15) is 8.42 Å². The van der Waals surface area contributed by atoms with Crippen molar-refractivity contribution in [1.29, 1.82) is 0 Å². The number of halogens is 1. The van der Waals surface area contributed by atoms with Gasteiger partial charge >= 0.3 is 10.2 Å². The van der Waals surface area contributed by atoms with Crippen LogP contribution in [0.4, 0.5) is 10.1 Å². The Hall–Kier alpha value is -3.63. The van der Waals surface area contributed by atoms with E-state index in [0.717, 1.165) is 59.1 Å². The fourth-order valence-electron chi connectivity index (χ4n) is 5.53. The van der Waals surface area contributed by atoms with E-state index in [1.165, 1.54) is 10.4 Å². The molecule has 0 radical (unpaired) electrons. The first-order chi connectivity index (χ1) is 19.8. The van der Waals surface area contributed by atoms with Crippen LogP contribution in [0.1, 0.15) is 87.2 Å². The number of hydrogen-bond acceptors (Lipinski definition) is 5. The lowest BCUT2D eigenvalue weighted by atomic mass is 9.87. The van der Waals surface area contributed by atoms with E-state index >= 15 is 4.39 Å². The molecule has 6 rings (SSSR count). The molecule has 214 valence electrons. The number of anilines is 1. The van der Waals surface area contributed by atoms with Crippen LogP contribution in [-0.2, 0) is 10.2 Å². The number of pyridine rings is 1. The summed E-state index contributed by atoms with van der Waals surface area (Å²) in [6.07, 6.45) is 13.9. The van der Waals surface area contributed by atoms with Gasteiger partial charge < -0.3 is 4.98 Å². The lowest BCUT2D eigenvalue weighted by Crippen LogP contribution is -2.33. The third kappa shape index (κ3) is 5.38. The van der Waals surface area contributed by atoms with E-state index in [0.29, 0.717) is 42.2 Å². The smallest absolute Gasteiger partial charge is 0.301 e. The minimum absolute atomic E-state index is 0.00465. The molecule has 1 saturated heterocycles. The number of aromatic nitrogens is 4. The molecule has 1 aliphatic heterocycles. The zero-order chi connectivity index (χ0) is 28.7. The average Bonchev–Trinajstić information content (AvgIpc) is 3.47. The number of nitrogens with one attached hydrogen (secondary N) is 2. The zero-order valence-corrected chi connectivity index (χ0v) is 24.4. The van der Waals surface area contributed by atoms with Crippen LogP contribution in [0.25, 0.3) is 27.7 Å². The van der Waals surface area contributed by atoms with Crippen LogP contribution in [0.3, 0.4) is 0 Å². The van der Waals surface area contributed by atoms with Crippen LogP contribution in [0.5, 0.6) is 0 Å². The molecule has 2 aliphatic rings. The first kappa shape index (κ1) is 27.5. The second-order valence-electron chi connectivity index (χ2n) is 11.2. The van der Waals surface area contributed by atoms with Crippen LogP contribution in [0.15, 0.2) is 49.1 Å². The average molecular weight is 575 g/mol. The molecular formula is C31H35FN6O2S. The molecule has 8 nitrogen and oxygen atoms in total. The first-order valence-electron chi connectivity index (χ1n) is 14.4. The molecule has 1 aliphatic carbocycles. The summed E-state index contributed by atoms with van der Waals surface area (Å²) in [5.41, 5.74) is 5.05. The Labute approximate surface area is 240 Å². The van der Waals surface area contributed by atoms with E-state index in [1.54, 1.807) is 6.20 Å². The molecule has 3 aromatic heterocycles. The van der Waals surface area contributed by atoms with E-state index in [2.05, 4.69) is 24.7 Å². The zero-order valence-electron chi connectivity index (χ0n) is 23.6. The molecule has 10 heteroatoms. The van der Waals surface area contributed by atoms with Crippen molar-refractivity contribution < 1.29 is 12.8 Å². The normalized spacial score (nSPS) is 16.7. The van der Waals surface area contributed by atoms with E-state index in [4.69, 9.17) is 0 Å². The Morgan fingerprint density at radius 1 is 1.12 bits per heavy atom. The third-order valence-corrected chi connectivity index (χ3v) is 9.41. The molecule has 4 heterocycles. The van der Waals surface area contributed by atoms with Crippen molar-refractivity contribution >= 4 is 32.5 Å². The Kier molecular flexibility index (Phi) is 7.37. The molecule has 0 unspecified atom stereocenters. The van der Waals surface area contributed by atoms with Crippen molar-refractivity contribution in [3.63, 3.8) is 0 Å². The number of rotatable bonds is 9. The van der Waals surface area contributed by atoms with Gasteiger partial charge in [-0.15, -0.1) is 0 Å². The summed E-state index contributed by atoms with van der Waals surface area (Å²) in [6.45, 7) is 6.90. The van der Waals surface area contributed by atoms with Gasteiger partial charge in [0.05, 0.1) is 5.69 Å². The van der Waals surface area contributed by atoms with Crippen LogP contribution in [-0.4, -0.2) is 45.7 Å². The van der Waals surface area contributed by atoms with E-state index in [-0.39, 0.29) is 11.6 Å². The lowest BCUT2D eigenvalue weighted by Gasteiger charge is -2.21. The molecule has 0 atom stereocenters. The molecule has 0 amide bonds. The maximum atomic E-state index is 16.5. The highest BCUT2D eigenvalue weighted by atomic mass is 32.2. The third-order valence-electron chi connectivity index (χ3n) is 7.89. The SMILES string of the molecule is CC/C=C(\c1c(C(C)C)ccc(NS(=O)(=O)N2CCCC2)c1F)c1c[nH]c2ncc(-c3cnc(C4CC4)nc3)cc12. The minimum atomic E-state index is -3.86. The van der Waals surface area contributed by atoms with Gasteiger partial charge in [-0.25, -0.2) is 19.3 Å². The summed E-state index contributed by atoms with van der Waals surface area (Å²) in [7, 11) is -3.86. The van der Waals surface area contributed by atoms with Crippen molar-refractivity contribution in [2.45, 2.75) is 64.7 Å². The van der Waals surface area contributed by atoms with Gasteiger partial charge in [-0.3, -0.25) is 4.72 Å². The Balaban J connectivity index is 1.44. The predicted octanol–water partition coefficient (Wildman–Crippen LogP) is 6.75. The van der Waals surface area contributed by atoms with Gasteiger partial charge in [0.2, 0.25) is 0 Å². The number of fused-ring (bicyclic) bond motifs is 1. The quantitative estimate of drug-likeness (QED) is 0.230. The molecule has 2 fully saturated rings. The number of allylic oxidation sites excluding steroid dienone is 1. The van der Waals surface area contributed by atoms with Crippen LogP contribution in [0.2, 0.25) is 0 Å². The molecule has 0 bridgehead atoms. The topological polar surface area (TPSA) is 104 Å². The fourth-order valence-corrected chi connectivity index (χ4v) is 6.83. The molecular weight excluding hydrogens is 539 g/mol. The van der Waals surface area contributed by atoms with Gasteiger partial charge in [0, 0.05) is 71.4 Å². The molecule has 1 aromatic carbocycles. The maximum absolute atomic E-state index is 16.5. The molecule has 41 heavy (non-hydrogen) atoms. The standard InChI is InChI=1S/C31H35FN6O2S/c1-4-7-24(28-23(19(2)3)10-11-27(29(28)32)37-41(39,40)38-12-5-6-13-38)26-18-36-31-25(26)14-21(15-35-31)22-16-33-30(34-17-22)20-8-9-20/h7,10-11,14-20,37H,4-6,8-9,12-13H2,1-3H3,(H,35,36)/b24-7-. The highest BCUT2D eigenvalue weighted by molar-refractivity contribution is 7.90. The van der Waals surface area contributed by atoms with Gasteiger partial charge in [-0.1, -0.05) is 32.9 Å². The van der Waals surface area contributed by atoms with Crippen LogP contribution < -0.4 is 4.72 Å². The minimum Gasteiger partial charge on any atom is -0.346 e. The number of aromatic amines is 1. The fraction of sp³-hybridized carbons (Fsp3) is 0.387. The second-order valence-corrected chi connectivity index (χ2v) is 12.9. The van der Waals surface area contributed by atoms with Gasteiger partial charge in [-0.2, -0.15) is 12.7 Å². The number of nitrogens with zero attached hydrogens (tertiary/aromatic N) is 4. The van der Waals surface area contributed by atoms with E-state index in [1.807, 2.05) is 57.6 Å². The summed E-state index contributed by atoms with van der Waals surface area (Å²) in [5, 5.41) is 0.839. The Morgan fingerprint density at radius 3 is 2.49 bits per heavy atom. The highest BCUT2D eigenvalue weighted by Gasteiger charge is 2.29. The number of hydrogen-bond donors (Lipinski definition) is 2. The van der Waals surface area contributed by atoms with E-state index < -0.39 is 16.0 Å². The van der Waals surface area contributed by atoms with Gasteiger partial charge in [0.1, 0.15) is 11.5 Å². The first-order valence-corrected chi connectivity index (χ1v) is 15.8. The molecule has 0 spiro atoms.